The lowest BCUT2D eigenvalue weighted by Gasteiger charge is -2.09. The second-order valence-corrected chi connectivity index (χ2v) is 8.09. The van der Waals surface area contributed by atoms with E-state index in [9.17, 15) is 14.0 Å². The maximum Gasteiger partial charge on any atom is 0.172 e. The molecule has 3 aromatic heterocycles. The van der Waals surface area contributed by atoms with Gasteiger partial charge in [0.05, 0.1) is 28.4 Å². The molecule has 4 heterocycles. The molecular weight excluding hydrogens is 418 g/mol. The van der Waals surface area contributed by atoms with Crippen molar-refractivity contribution in [1.82, 2.24) is 25.1 Å². The van der Waals surface area contributed by atoms with E-state index in [1.165, 1.54) is 50.7 Å². The maximum absolute atomic E-state index is 14.1. The molecular formula is C22H20F2N6S. The largest absolute Gasteiger partial charge is 0.317 e. The molecule has 4 aromatic rings. The zero-order valence-corrected chi connectivity index (χ0v) is 17.4. The summed E-state index contributed by atoms with van der Waals surface area (Å²) in [7, 11) is 0. The van der Waals surface area contributed by atoms with Gasteiger partial charge in [-0.2, -0.15) is 15.5 Å². The number of hydrogen-bond acceptors (Lipinski definition) is 5. The number of fused-ring (bicyclic) bond motifs is 1. The predicted molar refractivity (Wildman–Crippen MR) is 115 cm³/mol. The molecule has 1 aliphatic heterocycles. The quantitative estimate of drug-likeness (QED) is 0.481. The second kappa shape index (κ2) is 9.73. The standard InChI is InChI=1S/C17H9F2N5S.C5H11N/c18-13-2-1-3-14(16(13)19)25-15-4-10(12-6-21-22-7-12)9-24-17(15)11(5-20)8-23-24;1-2-4-6-5-3-1/h1-4,6-9H,(H,21,22);6H,1-5H2. The minimum Gasteiger partial charge on any atom is -0.317 e. The van der Waals surface area contributed by atoms with E-state index in [-0.39, 0.29) is 4.90 Å². The highest BCUT2D eigenvalue weighted by molar-refractivity contribution is 7.99. The third-order valence-electron chi connectivity index (χ3n) is 4.87. The van der Waals surface area contributed by atoms with Crippen molar-refractivity contribution in [2.75, 3.05) is 13.1 Å². The van der Waals surface area contributed by atoms with Gasteiger partial charge in [0.15, 0.2) is 11.6 Å². The van der Waals surface area contributed by atoms with Crippen molar-refractivity contribution in [1.29, 1.82) is 5.26 Å². The van der Waals surface area contributed by atoms with Gasteiger partial charge in [-0.3, -0.25) is 5.10 Å². The fraction of sp³-hybridized carbons (Fsp3) is 0.227. The molecule has 31 heavy (non-hydrogen) atoms. The number of aromatic nitrogens is 4. The number of nitrogens with one attached hydrogen (secondary N) is 2. The summed E-state index contributed by atoms with van der Waals surface area (Å²) in [4.78, 5) is 0.730. The molecule has 0 atom stereocenters. The minimum absolute atomic E-state index is 0.135. The number of pyridine rings is 1. The first kappa shape index (κ1) is 21.0. The Balaban J connectivity index is 0.000000334. The molecule has 158 valence electrons. The van der Waals surface area contributed by atoms with E-state index < -0.39 is 11.6 Å². The van der Waals surface area contributed by atoms with Crippen LogP contribution in [0.25, 0.3) is 16.6 Å². The minimum atomic E-state index is -0.919. The number of rotatable bonds is 3. The van der Waals surface area contributed by atoms with Crippen LogP contribution in [-0.2, 0) is 0 Å². The second-order valence-electron chi connectivity index (χ2n) is 7.01. The summed E-state index contributed by atoms with van der Waals surface area (Å²) in [5.74, 6) is -1.83. The van der Waals surface area contributed by atoms with Crippen molar-refractivity contribution in [2.24, 2.45) is 0 Å². The summed E-state index contributed by atoms with van der Waals surface area (Å²) >= 11 is 1.05. The van der Waals surface area contributed by atoms with Crippen LogP contribution in [0.15, 0.2) is 58.8 Å². The van der Waals surface area contributed by atoms with Gasteiger partial charge in [0.25, 0.3) is 0 Å². The van der Waals surface area contributed by atoms with E-state index in [1.54, 1.807) is 29.2 Å². The van der Waals surface area contributed by atoms with Crippen molar-refractivity contribution in [3.8, 4) is 17.2 Å². The molecule has 9 heteroatoms. The maximum atomic E-state index is 14.1. The van der Waals surface area contributed by atoms with Crippen LogP contribution in [0.2, 0.25) is 0 Å². The van der Waals surface area contributed by atoms with Crippen LogP contribution in [0.3, 0.4) is 0 Å². The van der Waals surface area contributed by atoms with Crippen LogP contribution in [0.4, 0.5) is 8.78 Å². The first-order chi connectivity index (χ1) is 15.2. The molecule has 0 spiro atoms. The molecule has 1 saturated heterocycles. The molecule has 1 aliphatic rings. The fourth-order valence-corrected chi connectivity index (χ4v) is 4.35. The van der Waals surface area contributed by atoms with Gasteiger partial charge >= 0.3 is 0 Å². The van der Waals surface area contributed by atoms with E-state index in [0.29, 0.717) is 16.0 Å². The van der Waals surface area contributed by atoms with Crippen molar-refractivity contribution in [3.63, 3.8) is 0 Å². The fourth-order valence-electron chi connectivity index (χ4n) is 3.29. The van der Waals surface area contributed by atoms with E-state index in [1.807, 2.05) is 0 Å². The lowest BCUT2D eigenvalue weighted by atomic mass is 10.1. The van der Waals surface area contributed by atoms with Crippen LogP contribution in [0.1, 0.15) is 24.8 Å². The van der Waals surface area contributed by atoms with E-state index in [2.05, 4.69) is 26.7 Å². The first-order valence-corrected chi connectivity index (χ1v) is 10.7. The van der Waals surface area contributed by atoms with Crippen LogP contribution in [0.5, 0.6) is 0 Å². The van der Waals surface area contributed by atoms with Crippen molar-refractivity contribution in [2.45, 2.75) is 29.1 Å². The molecule has 0 saturated carbocycles. The summed E-state index contributed by atoms with van der Waals surface area (Å²) in [6.07, 6.45) is 10.8. The monoisotopic (exact) mass is 438 g/mol. The third kappa shape index (κ3) is 4.76. The highest BCUT2D eigenvalue weighted by atomic mass is 32.2. The Kier molecular flexibility index (Phi) is 6.60. The predicted octanol–water partition coefficient (Wildman–Crippen LogP) is 4.79. The number of halogens is 2. The number of nitriles is 1. The molecule has 2 N–H and O–H groups in total. The van der Waals surface area contributed by atoms with Gasteiger partial charge in [-0.05, 0) is 44.1 Å². The lowest BCUT2D eigenvalue weighted by Crippen LogP contribution is -2.21. The van der Waals surface area contributed by atoms with Crippen LogP contribution in [-0.4, -0.2) is 32.9 Å². The number of H-pyrrole nitrogens is 1. The molecule has 0 bridgehead atoms. The zero-order valence-electron chi connectivity index (χ0n) is 16.6. The normalized spacial score (nSPS) is 13.5. The summed E-state index contributed by atoms with van der Waals surface area (Å²) in [5.41, 5.74) is 2.51. The molecule has 0 amide bonds. The molecule has 6 nitrogen and oxygen atoms in total. The Bertz CT molecular complexity index is 1200. The third-order valence-corrected chi connectivity index (χ3v) is 5.94. The highest BCUT2D eigenvalue weighted by Gasteiger charge is 2.16. The number of aromatic amines is 1. The number of benzene rings is 1. The Morgan fingerprint density at radius 3 is 2.55 bits per heavy atom. The first-order valence-electron chi connectivity index (χ1n) is 9.90. The summed E-state index contributed by atoms with van der Waals surface area (Å²) in [5, 5.41) is 23.4. The Hall–Kier alpha value is -3.22. The van der Waals surface area contributed by atoms with E-state index in [4.69, 9.17) is 0 Å². The molecule has 1 fully saturated rings. The van der Waals surface area contributed by atoms with Gasteiger partial charge in [-0.1, -0.05) is 24.2 Å². The lowest BCUT2D eigenvalue weighted by molar-refractivity contribution is 0.491. The van der Waals surface area contributed by atoms with Crippen LogP contribution < -0.4 is 5.32 Å². The van der Waals surface area contributed by atoms with Gasteiger partial charge in [0.1, 0.15) is 6.07 Å². The number of hydrogen-bond donors (Lipinski definition) is 2. The summed E-state index contributed by atoms with van der Waals surface area (Å²) in [6, 6.07) is 7.88. The Morgan fingerprint density at radius 1 is 1.06 bits per heavy atom. The SMILES string of the molecule is C1CCNCC1.N#Cc1cnn2cc(-c3cn[nH]c3)cc(Sc3cccc(F)c3F)c12. The summed E-state index contributed by atoms with van der Waals surface area (Å²) in [6.45, 7) is 2.50. The van der Waals surface area contributed by atoms with Crippen LogP contribution in [0, 0.1) is 23.0 Å². The van der Waals surface area contributed by atoms with Gasteiger partial charge in [0, 0.05) is 28.4 Å². The van der Waals surface area contributed by atoms with Crippen molar-refractivity contribution < 1.29 is 8.78 Å². The average molecular weight is 439 g/mol. The molecule has 0 aliphatic carbocycles. The Morgan fingerprint density at radius 2 is 1.90 bits per heavy atom. The molecule has 0 radical (unpaired) electrons. The van der Waals surface area contributed by atoms with Crippen LogP contribution >= 0.6 is 11.8 Å². The Labute approximate surface area is 182 Å². The van der Waals surface area contributed by atoms with Gasteiger partial charge in [-0.15, -0.1) is 0 Å². The highest BCUT2D eigenvalue weighted by Crippen LogP contribution is 2.37. The smallest absolute Gasteiger partial charge is 0.172 e. The van der Waals surface area contributed by atoms with E-state index in [0.717, 1.165) is 29.0 Å². The van der Waals surface area contributed by atoms with Gasteiger partial charge in [0.2, 0.25) is 0 Å². The average Bonchev–Trinajstić information content (AvgIpc) is 3.48. The van der Waals surface area contributed by atoms with Gasteiger partial charge < -0.3 is 5.32 Å². The van der Waals surface area contributed by atoms with Gasteiger partial charge in [-0.25, -0.2) is 13.3 Å². The molecule has 1 aromatic carbocycles. The number of piperidine rings is 1. The van der Waals surface area contributed by atoms with E-state index >= 15 is 0 Å². The topological polar surface area (TPSA) is 81.8 Å². The summed E-state index contributed by atoms with van der Waals surface area (Å²) < 4.78 is 29.1. The number of nitrogens with zero attached hydrogens (tertiary/aromatic N) is 4. The zero-order chi connectivity index (χ0) is 21.6. The van der Waals surface area contributed by atoms with Crippen molar-refractivity contribution in [3.05, 3.63) is 66.3 Å². The molecule has 0 unspecified atom stereocenters. The van der Waals surface area contributed by atoms with Crippen molar-refractivity contribution >= 4 is 17.3 Å². The molecule has 5 rings (SSSR count).